The van der Waals surface area contributed by atoms with Crippen molar-refractivity contribution in [2.24, 2.45) is 0 Å². The van der Waals surface area contributed by atoms with Gasteiger partial charge in [-0.2, -0.15) is 5.10 Å². The average molecular weight is 252 g/mol. The summed E-state index contributed by atoms with van der Waals surface area (Å²) in [5.41, 5.74) is -0.669. The van der Waals surface area contributed by atoms with Gasteiger partial charge in [0, 0.05) is 20.0 Å². The Bertz CT molecular complexity index is 385. The fourth-order valence-electron chi connectivity index (χ4n) is 2.47. The Labute approximate surface area is 107 Å². The van der Waals surface area contributed by atoms with Crippen LogP contribution in [0.2, 0.25) is 0 Å². The Morgan fingerprint density at radius 3 is 2.83 bits per heavy atom. The first-order valence-electron chi connectivity index (χ1n) is 6.38. The fourth-order valence-corrected chi connectivity index (χ4v) is 2.47. The van der Waals surface area contributed by atoms with Crippen molar-refractivity contribution in [3.63, 3.8) is 0 Å². The number of rotatable bonds is 5. The lowest BCUT2D eigenvalue weighted by Gasteiger charge is -2.28. The van der Waals surface area contributed by atoms with E-state index in [0.717, 1.165) is 25.7 Å². The molecule has 6 nitrogen and oxygen atoms in total. The van der Waals surface area contributed by atoms with Crippen molar-refractivity contribution in [3.05, 3.63) is 12.7 Å². The van der Waals surface area contributed by atoms with Crippen molar-refractivity contribution in [2.45, 2.75) is 44.2 Å². The van der Waals surface area contributed by atoms with Crippen molar-refractivity contribution >= 4 is 5.91 Å². The van der Waals surface area contributed by atoms with Gasteiger partial charge >= 0.3 is 0 Å². The maximum atomic E-state index is 11.9. The van der Waals surface area contributed by atoms with E-state index in [1.807, 2.05) is 0 Å². The molecule has 1 aromatic rings. The molecule has 0 saturated heterocycles. The first kappa shape index (κ1) is 13.0. The van der Waals surface area contributed by atoms with Gasteiger partial charge in [0.1, 0.15) is 12.7 Å². The van der Waals surface area contributed by atoms with E-state index in [1.54, 1.807) is 23.0 Å². The summed E-state index contributed by atoms with van der Waals surface area (Å²) in [6.07, 6.45) is 7.14. The van der Waals surface area contributed by atoms with Crippen LogP contribution in [0.3, 0.4) is 0 Å². The van der Waals surface area contributed by atoms with Crippen LogP contribution in [-0.4, -0.2) is 49.9 Å². The van der Waals surface area contributed by atoms with Crippen molar-refractivity contribution < 1.29 is 9.90 Å². The highest BCUT2D eigenvalue weighted by Crippen LogP contribution is 2.29. The number of nitrogens with zero attached hydrogens (tertiary/aromatic N) is 4. The number of aryl methyl sites for hydroxylation is 1. The SMILES string of the molecule is CN(CC1(O)CCCC1)C(=O)CCn1cncn1. The quantitative estimate of drug-likeness (QED) is 0.825. The van der Waals surface area contributed by atoms with Gasteiger partial charge in [0.25, 0.3) is 0 Å². The second-order valence-corrected chi connectivity index (χ2v) is 5.09. The average Bonchev–Trinajstić information content (AvgIpc) is 2.97. The molecule has 1 fully saturated rings. The van der Waals surface area contributed by atoms with Gasteiger partial charge in [-0.3, -0.25) is 9.48 Å². The monoisotopic (exact) mass is 252 g/mol. The highest BCUT2D eigenvalue weighted by molar-refractivity contribution is 5.75. The molecule has 1 saturated carbocycles. The molecule has 0 bridgehead atoms. The number of likely N-dealkylation sites (N-methyl/N-ethyl adjacent to an activating group) is 1. The summed E-state index contributed by atoms with van der Waals surface area (Å²) in [4.78, 5) is 17.4. The molecule has 0 unspecified atom stereocenters. The highest BCUT2D eigenvalue weighted by atomic mass is 16.3. The predicted molar refractivity (Wildman–Crippen MR) is 65.7 cm³/mol. The lowest BCUT2D eigenvalue weighted by atomic mass is 10.0. The van der Waals surface area contributed by atoms with Gasteiger partial charge in [0.2, 0.25) is 5.91 Å². The molecule has 0 radical (unpaired) electrons. The van der Waals surface area contributed by atoms with Crippen LogP contribution in [0, 0.1) is 0 Å². The van der Waals surface area contributed by atoms with E-state index in [-0.39, 0.29) is 5.91 Å². The topological polar surface area (TPSA) is 71.2 Å². The number of carbonyl (C=O) groups excluding carboxylic acids is 1. The lowest BCUT2D eigenvalue weighted by Crippen LogP contribution is -2.42. The van der Waals surface area contributed by atoms with Crippen LogP contribution < -0.4 is 0 Å². The molecular formula is C12H20N4O2. The zero-order chi connectivity index (χ0) is 13.0. The maximum Gasteiger partial charge on any atom is 0.224 e. The number of carbonyl (C=O) groups is 1. The Morgan fingerprint density at radius 2 is 2.22 bits per heavy atom. The first-order valence-corrected chi connectivity index (χ1v) is 6.38. The van der Waals surface area contributed by atoms with Crippen LogP contribution in [0.4, 0.5) is 0 Å². The molecule has 1 heterocycles. The van der Waals surface area contributed by atoms with Gasteiger partial charge in [-0.1, -0.05) is 12.8 Å². The second-order valence-electron chi connectivity index (χ2n) is 5.09. The summed E-state index contributed by atoms with van der Waals surface area (Å²) in [5, 5.41) is 14.2. The van der Waals surface area contributed by atoms with Crippen LogP contribution in [0.1, 0.15) is 32.1 Å². The van der Waals surface area contributed by atoms with Gasteiger partial charge in [-0.05, 0) is 12.8 Å². The molecule has 1 N–H and O–H groups in total. The number of amides is 1. The normalized spacial score (nSPS) is 17.9. The molecule has 6 heteroatoms. The summed E-state index contributed by atoms with van der Waals surface area (Å²) in [6, 6.07) is 0. The molecule has 0 spiro atoms. The van der Waals surface area contributed by atoms with Crippen molar-refractivity contribution in [2.75, 3.05) is 13.6 Å². The minimum atomic E-state index is -0.669. The van der Waals surface area contributed by atoms with E-state index < -0.39 is 5.60 Å². The van der Waals surface area contributed by atoms with E-state index >= 15 is 0 Å². The third-order valence-electron chi connectivity index (χ3n) is 3.51. The van der Waals surface area contributed by atoms with E-state index in [9.17, 15) is 9.90 Å². The van der Waals surface area contributed by atoms with Gasteiger partial charge in [0.15, 0.2) is 0 Å². The molecule has 0 atom stereocenters. The number of aromatic nitrogens is 3. The maximum absolute atomic E-state index is 11.9. The van der Waals surface area contributed by atoms with E-state index in [4.69, 9.17) is 0 Å². The molecule has 100 valence electrons. The van der Waals surface area contributed by atoms with Crippen LogP contribution >= 0.6 is 0 Å². The van der Waals surface area contributed by atoms with Gasteiger partial charge in [0.05, 0.1) is 12.1 Å². The molecule has 2 rings (SSSR count). The second kappa shape index (κ2) is 5.48. The first-order chi connectivity index (χ1) is 8.59. The Kier molecular flexibility index (Phi) is 3.96. The largest absolute Gasteiger partial charge is 0.388 e. The molecule has 1 aromatic heterocycles. The predicted octanol–water partition coefficient (Wildman–Crippen LogP) is 0.432. The number of hydrogen-bond acceptors (Lipinski definition) is 4. The van der Waals surface area contributed by atoms with Crippen LogP contribution in [-0.2, 0) is 11.3 Å². The highest BCUT2D eigenvalue weighted by Gasteiger charge is 2.33. The van der Waals surface area contributed by atoms with Crippen molar-refractivity contribution in [1.82, 2.24) is 19.7 Å². The molecule has 1 amide bonds. The standard InChI is InChI=1S/C12H20N4O2/c1-15(8-12(18)5-2-3-6-12)11(17)4-7-16-10-13-9-14-16/h9-10,18H,2-8H2,1H3. The molecule has 0 aliphatic heterocycles. The summed E-state index contributed by atoms with van der Waals surface area (Å²) in [5.74, 6) is 0.0332. The van der Waals surface area contributed by atoms with Crippen molar-refractivity contribution in [3.8, 4) is 0 Å². The Balaban J connectivity index is 1.77. The molecular weight excluding hydrogens is 232 g/mol. The molecule has 0 aromatic carbocycles. The molecule has 1 aliphatic rings. The molecule has 1 aliphatic carbocycles. The van der Waals surface area contributed by atoms with Crippen LogP contribution in [0.15, 0.2) is 12.7 Å². The van der Waals surface area contributed by atoms with E-state index in [0.29, 0.717) is 19.5 Å². The van der Waals surface area contributed by atoms with Crippen LogP contribution in [0.5, 0.6) is 0 Å². The third kappa shape index (κ3) is 3.29. The third-order valence-corrected chi connectivity index (χ3v) is 3.51. The lowest BCUT2D eigenvalue weighted by molar-refractivity contribution is -0.133. The zero-order valence-electron chi connectivity index (χ0n) is 10.7. The van der Waals surface area contributed by atoms with E-state index in [1.165, 1.54) is 6.33 Å². The minimum Gasteiger partial charge on any atom is -0.388 e. The van der Waals surface area contributed by atoms with E-state index in [2.05, 4.69) is 10.1 Å². The summed E-state index contributed by atoms with van der Waals surface area (Å²) < 4.78 is 1.63. The molecule has 18 heavy (non-hydrogen) atoms. The van der Waals surface area contributed by atoms with Gasteiger partial charge in [-0.15, -0.1) is 0 Å². The fraction of sp³-hybridized carbons (Fsp3) is 0.750. The van der Waals surface area contributed by atoms with Gasteiger partial charge < -0.3 is 10.0 Å². The summed E-state index contributed by atoms with van der Waals surface area (Å²) in [7, 11) is 1.75. The number of aliphatic hydroxyl groups is 1. The Morgan fingerprint density at radius 1 is 1.50 bits per heavy atom. The number of hydrogen-bond donors (Lipinski definition) is 1. The zero-order valence-corrected chi connectivity index (χ0v) is 10.7. The smallest absolute Gasteiger partial charge is 0.224 e. The summed E-state index contributed by atoms with van der Waals surface area (Å²) >= 11 is 0. The summed E-state index contributed by atoms with van der Waals surface area (Å²) in [6.45, 7) is 0.963. The Hall–Kier alpha value is -1.43. The minimum absolute atomic E-state index is 0.0332. The van der Waals surface area contributed by atoms with Crippen LogP contribution in [0.25, 0.3) is 0 Å². The van der Waals surface area contributed by atoms with Gasteiger partial charge in [-0.25, -0.2) is 4.98 Å². The van der Waals surface area contributed by atoms with Crippen molar-refractivity contribution in [1.29, 1.82) is 0 Å².